The Morgan fingerprint density at radius 3 is 2.74 bits per heavy atom. The third-order valence-corrected chi connectivity index (χ3v) is 5.40. The third kappa shape index (κ3) is 4.02. The topological polar surface area (TPSA) is 55.4 Å². The summed E-state index contributed by atoms with van der Waals surface area (Å²) in [5.74, 6) is 0.371. The summed E-state index contributed by atoms with van der Waals surface area (Å²) in [5.41, 5.74) is 0.752. The van der Waals surface area contributed by atoms with Gasteiger partial charge in [0, 0.05) is 24.2 Å². The number of hydrogen-bond donors (Lipinski definition) is 1. The van der Waals surface area contributed by atoms with Crippen molar-refractivity contribution < 1.29 is 13.2 Å². The predicted molar refractivity (Wildman–Crippen MR) is 77.6 cm³/mol. The van der Waals surface area contributed by atoms with Gasteiger partial charge in [0.05, 0.1) is 4.90 Å². The second-order valence-corrected chi connectivity index (χ2v) is 7.47. The number of aryl methyl sites for hydroxylation is 1. The smallest absolute Gasteiger partial charge is 0.240 e. The van der Waals surface area contributed by atoms with Crippen LogP contribution in [0.4, 0.5) is 0 Å². The van der Waals surface area contributed by atoms with Gasteiger partial charge in [0.15, 0.2) is 0 Å². The van der Waals surface area contributed by atoms with Gasteiger partial charge in [-0.1, -0.05) is 22.0 Å². The third-order valence-electron chi connectivity index (χ3n) is 3.34. The van der Waals surface area contributed by atoms with Crippen LogP contribution in [0.1, 0.15) is 18.4 Å². The predicted octanol–water partition coefficient (Wildman–Crippen LogP) is 2.46. The zero-order valence-corrected chi connectivity index (χ0v) is 13.3. The molecular formula is C13H18BrNO3S. The maximum atomic E-state index is 12.3. The summed E-state index contributed by atoms with van der Waals surface area (Å²) in [7, 11) is -3.43. The highest BCUT2D eigenvalue weighted by Crippen LogP contribution is 2.21. The number of nitrogens with one attached hydrogen (secondary N) is 1. The zero-order chi connectivity index (χ0) is 13.9. The minimum absolute atomic E-state index is 0.342. The molecule has 1 aliphatic heterocycles. The second kappa shape index (κ2) is 6.35. The molecule has 1 aromatic rings. The van der Waals surface area contributed by atoms with E-state index in [1.165, 1.54) is 0 Å². The average Bonchev–Trinajstić information content (AvgIpc) is 2.40. The average molecular weight is 348 g/mol. The monoisotopic (exact) mass is 347 g/mol. The van der Waals surface area contributed by atoms with Crippen molar-refractivity contribution in [1.82, 2.24) is 4.72 Å². The minimum atomic E-state index is -3.43. The zero-order valence-electron chi connectivity index (χ0n) is 10.9. The van der Waals surface area contributed by atoms with Crippen LogP contribution in [0.5, 0.6) is 0 Å². The molecule has 0 aliphatic carbocycles. The summed E-state index contributed by atoms with van der Waals surface area (Å²) in [6, 6.07) is 5.28. The highest BCUT2D eigenvalue weighted by atomic mass is 79.9. The van der Waals surface area contributed by atoms with Crippen molar-refractivity contribution in [2.24, 2.45) is 5.92 Å². The molecule has 0 unspecified atom stereocenters. The quantitative estimate of drug-likeness (QED) is 0.910. The Bertz CT molecular complexity index is 539. The number of rotatable bonds is 4. The van der Waals surface area contributed by atoms with Crippen LogP contribution in [-0.4, -0.2) is 28.2 Å². The molecule has 0 atom stereocenters. The highest BCUT2D eigenvalue weighted by molar-refractivity contribution is 9.10. The Kier molecular flexibility index (Phi) is 5.00. The van der Waals surface area contributed by atoms with Crippen molar-refractivity contribution in [3.05, 3.63) is 28.2 Å². The summed E-state index contributed by atoms with van der Waals surface area (Å²) in [6.07, 6.45) is 1.83. The summed E-state index contributed by atoms with van der Waals surface area (Å²) in [5, 5.41) is 0. The van der Waals surface area contributed by atoms with E-state index in [-0.39, 0.29) is 0 Å². The van der Waals surface area contributed by atoms with Crippen LogP contribution in [0.15, 0.2) is 27.6 Å². The van der Waals surface area contributed by atoms with Gasteiger partial charge in [0.1, 0.15) is 0 Å². The molecule has 1 aliphatic rings. The van der Waals surface area contributed by atoms with E-state index in [1.54, 1.807) is 19.1 Å². The van der Waals surface area contributed by atoms with Crippen molar-refractivity contribution in [2.45, 2.75) is 24.7 Å². The Labute approximate surface area is 122 Å². The van der Waals surface area contributed by atoms with Crippen molar-refractivity contribution in [3.8, 4) is 0 Å². The maximum absolute atomic E-state index is 12.3. The summed E-state index contributed by atoms with van der Waals surface area (Å²) >= 11 is 3.31. The molecule has 106 valence electrons. The molecule has 1 fully saturated rings. The van der Waals surface area contributed by atoms with Crippen molar-refractivity contribution >= 4 is 26.0 Å². The van der Waals surface area contributed by atoms with Gasteiger partial charge in [-0.25, -0.2) is 13.1 Å². The van der Waals surface area contributed by atoms with Crippen LogP contribution in [0.25, 0.3) is 0 Å². The largest absolute Gasteiger partial charge is 0.381 e. The fourth-order valence-electron chi connectivity index (χ4n) is 2.12. The molecule has 0 amide bonds. The summed E-state index contributed by atoms with van der Waals surface area (Å²) < 4.78 is 33.3. The van der Waals surface area contributed by atoms with E-state index in [2.05, 4.69) is 20.7 Å². The molecule has 0 radical (unpaired) electrons. The van der Waals surface area contributed by atoms with Crippen LogP contribution >= 0.6 is 15.9 Å². The van der Waals surface area contributed by atoms with E-state index >= 15 is 0 Å². The first-order valence-corrected chi connectivity index (χ1v) is 8.60. The lowest BCUT2D eigenvalue weighted by Crippen LogP contribution is -2.32. The van der Waals surface area contributed by atoms with Crippen LogP contribution < -0.4 is 4.72 Å². The number of halogens is 1. The molecule has 1 N–H and O–H groups in total. The molecule has 0 spiro atoms. The van der Waals surface area contributed by atoms with Crippen LogP contribution in [0.3, 0.4) is 0 Å². The fraction of sp³-hybridized carbons (Fsp3) is 0.538. The molecule has 6 heteroatoms. The Morgan fingerprint density at radius 1 is 1.37 bits per heavy atom. The molecule has 19 heavy (non-hydrogen) atoms. The van der Waals surface area contributed by atoms with Gasteiger partial charge in [-0.15, -0.1) is 0 Å². The van der Waals surface area contributed by atoms with Gasteiger partial charge >= 0.3 is 0 Å². The molecule has 4 nitrogen and oxygen atoms in total. The molecule has 1 heterocycles. The van der Waals surface area contributed by atoms with Crippen LogP contribution in [-0.2, 0) is 14.8 Å². The molecule has 1 saturated heterocycles. The van der Waals surface area contributed by atoms with Gasteiger partial charge in [-0.05, 0) is 43.4 Å². The Balaban J connectivity index is 2.07. The summed E-state index contributed by atoms with van der Waals surface area (Å²) in [6.45, 7) is 3.73. The molecule has 1 aromatic carbocycles. The molecule has 0 saturated carbocycles. The first-order valence-electron chi connectivity index (χ1n) is 6.32. The van der Waals surface area contributed by atoms with Crippen molar-refractivity contribution in [2.75, 3.05) is 19.8 Å². The lowest BCUT2D eigenvalue weighted by molar-refractivity contribution is 0.0678. The normalized spacial score (nSPS) is 17.6. The van der Waals surface area contributed by atoms with Crippen LogP contribution in [0.2, 0.25) is 0 Å². The van der Waals surface area contributed by atoms with E-state index in [0.29, 0.717) is 17.4 Å². The summed E-state index contributed by atoms with van der Waals surface area (Å²) in [4.78, 5) is 0.342. The first kappa shape index (κ1) is 15.0. The minimum Gasteiger partial charge on any atom is -0.381 e. The number of sulfonamides is 1. The number of ether oxygens (including phenoxy) is 1. The van der Waals surface area contributed by atoms with Gasteiger partial charge in [0.25, 0.3) is 0 Å². The molecule has 2 rings (SSSR count). The Hall–Kier alpha value is -0.430. The van der Waals surface area contributed by atoms with Crippen molar-refractivity contribution in [3.63, 3.8) is 0 Å². The van der Waals surface area contributed by atoms with E-state index in [9.17, 15) is 8.42 Å². The molecule has 0 bridgehead atoms. The number of hydrogen-bond acceptors (Lipinski definition) is 3. The van der Waals surface area contributed by atoms with Gasteiger partial charge < -0.3 is 4.74 Å². The van der Waals surface area contributed by atoms with Gasteiger partial charge in [-0.3, -0.25) is 0 Å². The molecular weight excluding hydrogens is 330 g/mol. The highest BCUT2D eigenvalue weighted by Gasteiger charge is 2.20. The van der Waals surface area contributed by atoms with Crippen LogP contribution in [0, 0.1) is 12.8 Å². The molecule has 0 aromatic heterocycles. The van der Waals surface area contributed by atoms with E-state index in [1.807, 2.05) is 6.07 Å². The SMILES string of the molecule is Cc1ccc(Br)cc1S(=O)(=O)NCC1CCOCC1. The van der Waals surface area contributed by atoms with E-state index in [4.69, 9.17) is 4.74 Å². The van der Waals surface area contributed by atoms with Gasteiger partial charge in [0.2, 0.25) is 10.0 Å². The standard InChI is InChI=1S/C13H18BrNO3S/c1-10-2-3-12(14)8-13(10)19(16,17)15-9-11-4-6-18-7-5-11/h2-3,8,11,15H,4-7,9H2,1H3. The second-order valence-electron chi connectivity index (χ2n) is 4.82. The number of benzene rings is 1. The fourth-order valence-corrected chi connectivity index (χ4v) is 4.02. The van der Waals surface area contributed by atoms with Crippen molar-refractivity contribution in [1.29, 1.82) is 0 Å². The maximum Gasteiger partial charge on any atom is 0.240 e. The lowest BCUT2D eigenvalue weighted by Gasteiger charge is -2.22. The van der Waals surface area contributed by atoms with E-state index in [0.717, 1.165) is 36.1 Å². The van der Waals surface area contributed by atoms with E-state index < -0.39 is 10.0 Å². The Morgan fingerprint density at radius 2 is 2.05 bits per heavy atom. The first-order chi connectivity index (χ1) is 8.99. The van der Waals surface area contributed by atoms with Gasteiger partial charge in [-0.2, -0.15) is 0 Å². The lowest BCUT2D eigenvalue weighted by atomic mass is 10.0.